The van der Waals surface area contributed by atoms with Crippen molar-refractivity contribution in [2.75, 3.05) is 27.6 Å². The predicted octanol–water partition coefficient (Wildman–Crippen LogP) is 1.32. The number of aryl methyl sites for hydroxylation is 1. The fourth-order valence-corrected chi connectivity index (χ4v) is 1.82. The van der Waals surface area contributed by atoms with E-state index in [2.05, 4.69) is 4.98 Å². The van der Waals surface area contributed by atoms with Crippen LogP contribution in [0, 0.1) is 0 Å². The SMILES string of the molecule is [2H]c1[nH]c2c([2H])c([2H])c(C([2H])([2H])S(=O)(=O)NC)c([2H])c2c1C([2H])([2H])C([2H])([2H])N(C)C([2H])([2H])[2H]. The lowest BCUT2D eigenvalue weighted by molar-refractivity contribution is 0.414. The van der Waals surface area contributed by atoms with Crippen molar-refractivity contribution < 1.29 is 26.2 Å². The summed E-state index contributed by atoms with van der Waals surface area (Å²) in [5, 5.41) is -0.709. The van der Waals surface area contributed by atoms with E-state index in [0.717, 1.165) is 14.1 Å². The zero-order valence-electron chi connectivity index (χ0n) is 23.7. The average Bonchev–Trinajstić information content (AvgIpc) is 3.02. The third-order valence-electron chi connectivity index (χ3n) is 2.23. The van der Waals surface area contributed by atoms with Crippen molar-refractivity contribution in [2.45, 2.75) is 12.1 Å². The third kappa shape index (κ3) is 3.59. The summed E-state index contributed by atoms with van der Waals surface area (Å²) in [7, 11) is -3.16. The van der Waals surface area contributed by atoms with E-state index in [1.165, 1.54) is 0 Å². The number of nitrogens with one attached hydrogen (secondary N) is 2. The Balaban J connectivity index is 3.05. The highest BCUT2D eigenvalue weighted by molar-refractivity contribution is 7.88. The van der Waals surface area contributed by atoms with E-state index < -0.39 is 81.9 Å². The van der Waals surface area contributed by atoms with Gasteiger partial charge in [-0.15, -0.1) is 0 Å². The number of aromatic amines is 1. The Morgan fingerprint density at radius 3 is 3.05 bits per heavy atom. The third-order valence-corrected chi connectivity index (χ3v) is 3.24. The largest absolute Gasteiger partial charge is 0.361 e. The van der Waals surface area contributed by atoms with Crippen LogP contribution in [-0.4, -0.2) is 45.9 Å². The number of H-pyrrole nitrogens is 1. The number of hydrogen-bond acceptors (Lipinski definition) is 3. The van der Waals surface area contributed by atoms with E-state index in [-0.39, 0.29) is 4.90 Å². The molecule has 0 radical (unpaired) electrons. The second-order valence-corrected chi connectivity index (χ2v) is 5.35. The van der Waals surface area contributed by atoms with Gasteiger partial charge in [0.05, 0.1) is 11.2 Å². The molecule has 0 unspecified atom stereocenters. The molecule has 20 heavy (non-hydrogen) atoms. The molecule has 1 aromatic heterocycles. The normalized spacial score (nSPS) is 24.6. The summed E-state index contributed by atoms with van der Waals surface area (Å²) in [5.74, 6) is 0. The van der Waals surface area contributed by atoms with Gasteiger partial charge in [-0.05, 0) is 50.7 Å². The number of rotatable bonds is 6. The second kappa shape index (κ2) is 5.95. The minimum Gasteiger partial charge on any atom is -0.361 e. The summed E-state index contributed by atoms with van der Waals surface area (Å²) < 4.78 is 130. The molecule has 0 amide bonds. The zero-order valence-corrected chi connectivity index (χ0v) is 11.5. The number of hydrogen-bond donors (Lipinski definition) is 2. The molecule has 6 heteroatoms. The molecule has 1 heterocycles. The molecular weight excluding hydrogens is 274 g/mol. The Morgan fingerprint density at radius 1 is 1.55 bits per heavy atom. The van der Waals surface area contributed by atoms with Crippen LogP contribution in [-0.2, 0) is 22.1 Å². The minimum absolute atomic E-state index is 0.105. The molecule has 0 fully saturated rings. The molecule has 0 atom stereocenters. The molecule has 0 aliphatic rings. The molecule has 0 bridgehead atoms. The quantitative estimate of drug-likeness (QED) is 0.846. The first kappa shape index (κ1) is 5.44. The predicted molar refractivity (Wildman–Crippen MR) is 82.2 cm³/mol. The highest BCUT2D eigenvalue weighted by Gasteiger charge is 2.11. The van der Waals surface area contributed by atoms with E-state index >= 15 is 0 Å². The lowest BCUT2D eigenvalue weighted by Crippen LogP contribution is -2.20. The molecule has 0 spiro atoms. The maximum atomic E-state index is 12.3. The molecule has 110 valence electrons. The monoisotopic (exact) mass is 308 g/mol. The minimum atomic E-state index is -4.83. The van der Waals surface area contributed by atoms with Crippen LogP contribution in [0.15, 0.2) is 24.3 Å². The molecule has 2 rings (SSSR count). The topological polar surface area (TPSA) is 65.2 Å². The lowest BCUT2D eigenvalue weighted by atomic mass is 10.1. The van der Waals surface area contributed by atoms with Gasteiger partial charge in [-0.25, -0.2) is 13.1 Å². The summed E-state index contributed by atoms with van der Waals surface area (Å²) >= 11 is 0. The number of nitrogens with zero attached hydrogens (tertiary/aromatic N) is 1. The summed E-state index contributed by atoms with van der Waals surface area (Å²) in [5.41, 5.74) is -5.97. The number of sulfonamides is 1. The van der Waals surface area contributed by atoms with E-state index in [4.69, 9.17) is 17.8 Å². The van der Waals surface area contributed by atoms with E-state index in [0.29, 0.717) is 0 Å². The van der Waals surface area contributed by atoms with E-state index in [1.807, 2.05) is 0 Å². The molecule has 0 aliphatic carbocycles. The van der Waals surface area contributed by atoms with Crippen molar-refractivity contribution in [1.82, 2.24) is 14.6 Å². The van der Waals surface area contributed by atoms with Crippen molar-refractivity contribution in [2.24, 2.45) is 0 Å². The summed E-state index contributed by atoms with van der Waals surface area (Å²) in [6.07, 6.45) is -4.18. The maximum absolute atomic E-state index is 12.3. The van der Waals surface area contributed by atoms with Gasteiger partial charge in [0.15, 0.2) is 0 Å². The summed E-state index contributed by atoms with van der Waals surface area (Å²) in [6.45, 7) is -6.42. The van der Waals surface area contributed by atoms with Gasteiger partial charge in [0.25, 0.3) is 0 Å². The van der Waals surface area contributed by atoms with Crippen LogP contribution in [0.1, 0.15) is 28.9 Å². The molecule has 5 nitrogen and oxygen atoms in total. The van der Waals surface area contributed by atoms with Crippen molar-refractivity contribution in [1.29, 1.82) is 0 Å². The number of aromatic nitrogens is 1. The fraction of sp³-hybridized carbons (Fsp3) is 0.429. The van der Waals surface area contributed by atoms with Crippen molar-refractivity contribution in [3.8, 4) is 0 Å². The molecule has 2 aromatic rings. The fourth-order valence-electron chi connectivity index (χ4n) is 1.34. The Bertz CT molecular complexity index is 1200. The van der Waals surface area contributed by atoms with Crippen LogP contribution >= 0.6 is 0 Å². The van der Waals surface area contributed by atoms with Crippen LogP contribution in [0.25, 0.3) is 10.9 Å². The molecular formula is C14H21N3O2S. The van der Waals surface area contributed by atoms with Gasteiger partial charge in [0.2, 0.25) is 10.0 Å². The number of benzene rings is 1. The van der Waals surface area contributed by atoms with Gasteiger partial charge in [-0.2, -0.15) is 0 Å². The van der Waals surface area contributed by atoms with E-state index in [1.54, 1.807) is 4.72 Å². The first-order valence-electron chi connectivity index (χ1n) is 11.9. The van der Waals surface area contributed by atoms with Gasteiger partial charge < -0.3 is 9.88 Å². The Hall–Kier alpha value is -1.37. The van der Waals surface area contributed by atoms with E-state index in [9.17, 15) is 8.42 Å². The zero-order chi connectivity index (χ0) is 26.1. The average molecular weight is 308 g/mol. The Kier molecular flexibility index (Phi) is 1.62. The van der Waals surface area contributed by atoms with Gasteiger partial charge in [0, 0.05) is 35.9 Å². The highest BCUT2D eigenvalue weighted by atomic mass is 32.2. The van der Waals surface area contributed by atoms with Gasteiger partial charge >= 0.3 is 0 Å². The molecule has 0 saturated carbocycles. The van der Waals surface area contributed by atoms with Gasteiger partial charge in [-0.1, -0.05) is 6.04 Å². The second-order valence-electron chi connectivity index (χ2n) is 3.73. The lowest BCUT2D eigenvalue weighted by Gasteiger charge is -2.08. The van der Waals surface area contributed by atoms with Gasteiger partial charge in [-0.3, -0.25) is 0 Å². The van der Waals surface area contributed by atoms with Crippen LogP contribution in [0.2, 0.25) is 0 Å². The standard InChI is InChI=1S/C14H21N3O2S/c1-15-20(18,19)10-11-4-5-14-13(8-11)12(9-16-14)6-7-17(2)3/h4-5,8-9,15-16H,6-7,10H2,1-3H3/i2D3,4D,5D,6D2,7D2,8D,9D,10D2. The maximum Gasteiger partial charge on any atom is 0.215 e. The summed E-state index contributed by atoms with van der Waals surface area (Å²) in [6, 6.07) is -2.92. The first-order valence-corrected chi connectivity index (χ1v) is 6.87. The van der Waals surface area contributed by atoms with Crippen molar-refractivity contribution >= 4 is 20.9 Å². The number of fused-ring (bicyclic) bond motifs is 1. The molecule has 1 aromatic carbocycles. The highest BCUT2D eigenvalue weighted by Crippen LogP contribution is 2.21. The van der Waals surface area contributed by atoms with Crippen LogP contribution in [0.4, 0.5) is 0 Å². The summed E-state index contributed by atoms with van der Waals surface area (Å²) in [4.78, 5) is 2.36. The Labute approximate surface area is 138 Å². The van der Waals surface area contributed by atoms with Crippen molar-refractivity contribution in [3.05, 3.63) is 35.4 Å². The van der Waals surface area contributed by atoms with Crippen LogP contribution in [0.5, 0.6) is 0 Å². The smallest absolute Gasteiger partial charge is 0.215 e. The van der Waals surface area contributed by atoms with Crippen molar-refractivity contribution in [3.63, 3.8) is 0 Å². The number of likely N-dealkylation sites (N-methyl/N-ethyl adjacent to an activating group) is 1. The first-order chi connectivity index (χ1) is 14.6. The molecule has 2 N–H and O–H groups in total. The van der Waals surface area contributed by atoms with Gasteiger partial charge in [0.1, 0.15) is 0 Å². The van der Waals surface area contributed by atoms with Crippen LogP contribution < -0.4 is 4.72 Å². The van der Waals surface area contributed by atoms with Crippen LogP contribution in [0.3, 0.4) is 0 Å². The Morgan fingerprint density at radius 2 is 2.35 bits per heavy atom. The molecule has 0 saturated heterocycles. The molecule has 0 aliphatic heterocycles.